The second-order valence-electron chi connectivity index (χ2n) is 10.2. The predicted octanol–water partition coefficient (Wildman–Crippen LogP) is 9.84. The SMILES string of the molecule is CCCCCCCCCCCCCOC(=O)c1ccccc1C(=O)OCCCCCCCCCCC. The summed E-state index contributed by atoms with van der Waals surface area (Å²) in [6.07, 6.45) is 24.8. The molecule has 4 heteroatoms. The third kappa shape index (κ3) is 16.8. The van der Waals surface area contributed by atoms with Crippen molar-refractivity contribution in [2.75, 3.05) is 13.2 Å². The fourth-order valence-electron chi connectivity index (χ4n) is 4.50. The van der Waals surface area contributed by atoms with Gasteiger partial charge in [0.05, 0.1) is 24.3 Å². The summed E-state index contributed by atoms with van der Waals surface area (Å²) in [6, 6.07) is 6.82. The van der Waals surface area contributed by atoms with Crippen LogP contribution >= 0.6 is 0 Å². The molecule has 1 aromatic rings. The minimum absolute atomic E-state index is 0.303. The summed E-state index contributed by atoms with van der Waals surface area (Å²) in [6.45, 7) is 5.29. The standard InChI is InChI=1S/C32H54O4/c1-3-5-7-9-11-13-14-16-18-20-24-28-36-32(34)30-26-22-21-25-29(30)31(33)35-27-23-19-17-15-12-10-8-6-4-2/h21-22,25-26H,3-20,23-24,27-28H2,1-2H3. The van der Waals surface area contributed by atoms with Crippen LogP contribution in [0.2, 0.25) is 0 Å². The zero-order valence-corrected chi connectivity index (χ0v) is 23.5. The van der Waals surface area contributed by atoms with Crippen LogP contribution in [0.25, 0.3) is 0 Å². The van der Waals surface area contributed by atoms with Crippen molar-refractivity contribution in [3.8, 4) is 0 Å². The molecule has 0 radical (unpaired) electrons. The minimum atomic E-state index is -0.434. The Labute approximate surface area is 221 Å². The van der Waals surface area contributed by atoms with Crippen LogP contribution < -0.4 is 0 Å². The Morgan fingerprint density at radius 3 is 1.06 bits per heavy atom. The van der Waals surface area contributed by atoms with Crippen LogP contribution in [0.1, 0.15) is 163 Å². The summed E-state index contributed by atoms with van der Waals surface area (Å²) in [5, 5.41) is 0. The zero-order chi connectivity index (χ0) is 26.1. The molecule has 0 aromatic heterocycles. The van der Waals surface area contributed by atoms with Crippen molar-refractivity contribution >= 4 is 11.9 Å². The van der Waals surface area contributed by atoms with Gasteiger partial charge in [0, 0.05) is 0 Å². The highest BCUT2D eigenvalue weighted by atomic mass is 16.5. The number of esters is 2. The summed E-state index contributed by atoms with van der Waals surface area (Å²) in [4.78, 5) is 25.1. The first-order valence-corrected chi connectivity index (χ1v) is 15.1. The first-order valence-electron chi connectivity index (χ1n) is 15.1. The maximum atomic E-state index is 12.6. The minimum Gasteiger partial charge on any atom is -0.462 e. The van der Waals surface area contributed by atoms with Crippen molar-refractivity contribution in [3.05, 3.63) is 35.4 Å². The molecule has 0 fully saturated rings. The van der Waals surface area contributed by atoms with Crippen molar-refractivity contribution in [1.29, 1.82) is 0 Å². The smallest absolute Gasteiger partial charge is 0.339 e. The van der Waals surface area contributed by atoms with E-state index < -0.39 is 11.9 Å². The van der Waals surface area contributed by atoms with Crippen molar-refractivity contribution in [1.82, 2.24) is 0 Å². The van der Waals surface area contributed by atoms with Crippen molar-refractivity contribution in [3.63, 3.8) is 0 Å². The van der Waals surface area contributed by atoms with E-state index in [0.717, 1.165) is 25.7 Å². The number of unbranched alkanes of at least 4 members (excludes halogenated alkanes) is 18. The molecular weight excluding hydrogens is 448 g/mol. The quantitative estimate of drug-likeness (QED) is 0.104. The molecule has 0 aliphatic carbocycles. The Balaban J connectivity index is 2.15. The van der Waals surface area contributed by atoms with Crippen LogP contribution in [0.15, 0.2) is 24.3 Å². The van der Waals surface area contributed by atoms with Crippen molar-refractivity contribution in [2.45, 2.75) is 142 Å². The number of carbonyl (C=O) groups excluding carboxylic acids is 2. The Morgan fingerprint density at radius 2 is 0.750 bits per heavy atom. The molecule has 0 heterocycles. The number of carbonyl (C=O) groups is 2. The van der Waals surface area contributed by atoms with Crippen molar-refractivity contribution in [2.24, 2.45) is 0 Å². The van der Waals surface area contributed by atoms with Crippen LogP contribution in [0.5, 0.6) is 0 Å². The molecule has 0 unspecified atom stereocenters. The molecule has 0 amide bonds. The molecule has 0 atom stereocenters. The fourth-order valence-corrected chi connectivity index (χ4v) is 4.50. The summed E-state index contributed by atoms with van der Waals surface area (Å²) < 4.78 is 10.9. The molecule has 0 aliphatic rings. The fraction of sp³-hybridized carbons (Fsp3) is 0.750. The number of hydrogen-bond acceptors (Lipinski definition) is 4. The lowest BCUT2D eigenvalue weighted by Gasteiger charge is -2.10. The zero-order valence-electron chi connectivity index (χ0n) is 23.5. The van der Waals surface area contributed by atoms with Gasteiger partial charge in [-0.25, -0.2) is 9.59 Å². The maximum absolute atomic E-state index is 12.6. The monoisotopic (exact) mass is 502 g/mol. The molecule has 0 N–H and O–H groups in total. The predicted molar refractivity (Wildman–Crippen MR) is 151 cm³/mol. The van der Waals surface area contributed by atoms with Gasteiger partial charge in [-0.3, -0.25) is 0 Å². The Morgan fingerprint density at radius 1 is 0.472 bits per heavy atom. The van der Waals surface area contributed by atoms with Crippen LogP contribution in [0.4, 0.5) is 0 Å². The summed E-state index contributed by atoms with van der Waals surface area (Å²) >= 11 is 0. The van der Waals surface area contributed by atoms with E-state index in [0.29, 0.717) is 24.3 Å². The highest BCUT2D eigenvalue weighted by molar-refractivity contribution is 6.03. The average molecular weight is 503 g/mol. The Hall–Kier alpha value is -1.84. The largest absolute Gasteiger partial charge is 0.462 e. The molecule has 0 aliphatic heterocycles. The van der Waals surface area contributed by atoms with Gasteiger partial charge in [-0.1, -0.05) is 142 Å². The lowest BCUT2D eigenvalue weighted by atomic mass is 10.1. The van der Waals surface area contributed by atoms with Crippen molar-refractivity contribution < 1.29 is 19.1 Å². The van der Waals surface area contributed by atoms with E-state index in [9.17, 15) is 9.59 Å². The molecule has 1 rings (SSSR count). The highest BCUT2D eigenvalue weighted by Crippen LogP contribution is 2.15. The van der Waals surface area contributed by atoms with Gasteiger partial charge in [0.25, 0.3) is 0 Å². The number of benzene rings is 1. The normalized spacial score (nSPS) is 10.9. The average Bonchev–Trinajstić information content (AvgIpc) is 2.90. The maximum Gasteiger partial charge on any atom is 0.339 e. The molecule has 0 saturated heterocycles. The van der Waals surface area contributed by atoms with E-state index in [1.807, 2.05) is 0 Å². The van der Waals surface area contributed by atoms with Gasteiger partial charge < -0.3 is 9.47 Å². The summed E-state index contributed by atoms with van der Waals surface area (Å²) in [7, 11) is 0. The molecule has 0 bridgehead atoms. The third-order valence-corrected chi connectivity index (χ3v) is 6.83. The van der Waals surface area contributed by atoms with Crippen LogP contribution in [-0.4, -0.2) is 25.2 Å². The second-order valence-corrected chi connectivity index (χ2v) is 10.2. The van der Waals surface area contributed by atoms with E-state index in [-0.39, 0.29) is 0 Å². The van der Waals surface area contributed by atoms with Gasteiger partial charge in [0.2, 0.25) is 0 Å². The topological polar surface area (TPSA) is 52.6 Å². The van der Waals surface area contributed by atoms with Gasteiger partial charge in [0.15, 0.2) is 0 Å². The summed E-state index contributed by atoms with van der Waals surface area (Å²) in [5.41, 5.74) is 0.606. The van der Waals surface area contributed by atoms with E-state index in [2.05, 4.69) is 13.8 Å². The lowest BCUT2D eigenvalue weighted by molar-refractivity contribution is 0.0450. The van der Waals surface area contributed by atoms with Crippen LogP contribution in [0.3, 0.4) is 0 Å². The first-order chi connectivity index (χ1) is 17.7. The Bertz CT molecular complexity index is 670. The molecule has 0 saturated carbocycles. The van der Waals surface area contributed by atoms with E-state index in [1.54, 1.807) is 24.3 Å². The van der Waals surface area contributed by atoms with Crippen LogP contribution in [-0.2, 0) is 9.47 Å². The van der Waals surface area contributed by atoms with E-state index in [4.69, 9.17) is 9.47 Å². The number of hydrogen-bond donors (Lipinski definition) is 0. The molecule has 4 nitrogen and oxygen atoms in total. The second kappa shape index (κ2) is 23.6. The molecule has 1 aromatic carbocycles. The Kier molecular flexibility index (Phi) is 21.1. The molecule has 0 spiro atoms. The van der Waals surface area contributed by atoms with Crippen LogP contribution in [0, 0.1) is 0 Å². The molecular formula is C32H54O4. The number of ether oxygens (including phenoxy) is 2. The van der Waals surface area contributed by atoms with Gasteiger partial charge in [-0.05, 0) is 25.0 Å². The van der Waals surface area contributed by atoms with E-state index >= 15 is 0 Å². The highest BCUT2D eigenvalue weighted by Gasteiger charge is 2.18. The van der Waals surface area contributed by atoms with Gasteiger partial charge in [-0.2, -0.15) is 0 Å². The number of rotatable bonds is 24. The van der Waals surface area contributed by atoms with E-state index in [1.165, 1.54) is 103 Å². The third-order valence-electron chi connectivity index (χ3n) is 6.83. The molecule has 36 heavy (non-hydrogen) atoms. The van der Waals surface area contributed by atoms with Gasteiger partial charge >= 0.3 is 11.9 Å². The molecule has 206 valence electrons. The lowest BCUT2D eigenvalue weighted by Crippen LogP contribution is -2.15. The van der Waals surface area contributed by atoms with Gasteiger partial charge in [0.1, 0.15) is 0 Å². The van der Waals surface area contributed by atoms with Gasteiger partial charge in [-0.15, -0.1) is 0 Å². The summed E-state index contributed by atoms with van der Waals surface area (Å²) in [5.74, 6) is -0.866. The first kappa shape index (κ1) is 32.2.